The molecule has 1 saturated heterocycles. The van der Waals surface area contributed by atoms with Crippen LogP contribution in [0.3, 0.4) is 0 Å². The van der Waals surface area contributed by atoms with Gasteiger partial charge in [-0.1, -0.05) is 12.1 Å². The van der Waals surface area contributed by atoms with Crippen LogP contribution in [0.2, 0.25) is 0 Å². The van der Waals surface area contributed by atoms with Crippen LogP contribution >= 0.6 is 0 Å². The molecule has 2 heterocycles. The molecule has 3 rings (SSSR count). The summed E-state index contributed by atoms with van der Waals surface area (Å²) in [6, 6.07) is 9.15. The third kappa shape index (κ3) is 4.32. The predicted octanol–water partition coefficient (Wildman–Crippen LogP) is 0.935. The molecule has 0 aliphatic carbocycles. The number of nitrogens with zero attached hydrogens (tertiary/aromatic N) is 4. The Kier molecular flexibility index (Phi) is 5.57. The zero-order chi connectivity index (χ0) is 17.6. The van der Waals surface area contributed by atoms with E-state index in [1.165, 1.54) is 0 Å². The van der Waals surface area contributed by atoms with Gasteiger partial charge in [0.1, 0.15) is 5.82 Å². The molecule has 25 heavy (non-hydrogen) atoms. The summed E-state index contributed by atoms with van der Waals surface area (Å²) in [4.78, 5) is 25.4. The summed E-state index contributed by atoms with van der Waals surface area (Å²) in [6.07, 6.45) is 1.67. The fourth-order valence-corrected chi connectivity index (χ4v) is 2.73. The van der Waals surface area contributed by atoms with E-state index >= 15 is 0 Å². The summed E-state index contributed by atoms with van der Waals surface area (Å²) in [5, 5.41) is 11.9. The number of aromatic nitrogens is 2. The maximum atomic E-state index is 12.6. The van der Waals surface area contributed by atoms with E-state index < -0.39 is 0 Å². The molecule has 2 aromatic rings. The average Bonchev–Trinajstić information content (AvgIpc) is 2.67. The van der Waals surface area contributed by atoms with E-state index in [-0.39, 0.29) is 12.5 Å². The molecule has 0 spiro atoms. The third-order valence-corrected chi connectivity index (χ3v) is 4.25. The Bertz CT molecular complexity index is 712. The monoisotopic (exact) mass is 341 g/mol. The number of hydrogen-bond donors (Lipinski definition) is 2. The van der Waals surface area contributed by atoms with Gasteiger partial charge in [-0.25, -0.2) is 9.97 Å². The average molecular weight is 341 g/mol. The first-order chi connectivity index (χ1) is 12.2. The molecule has 1 aliphatic heterocycles. The van der Waals surface area contributed by atoms with Crippen LogP contribution in [-0.2, 0) is 0 Å². The molecule has 132 valence electrons. The van der Waals surface area contributed by atoms with Gasteiger partial charge in [0.2, 0.25) is 0 Å². The lowest BCUT2D eigenvalue weighted by molar-refractivity contribution is 0.0664. The summed E-state index contributed by atoms with van der Waals surface area (Å²) in [5.74, 6) is 1.32. The second kappa shape index (κ2) is 8.04. The van der Waals surface area contributed by atoms with Crippen molar-refractivity contribution in [3.63, 3.8) is 0 Å². The predicted molar refractivity (Wildman–Crippen MR) is 96.4 cm³/mol. The molecule has 1 amide bonds. The summed E-state index contributed by atoms with van der Waals surface area (Å²) in [6.45, 7) is 3.82. The van der Waals surface area contributed by atoms with Crippen molar-refractivity contribution in [3.05, 3.63) is 42.1 Å². The molecular weight excluding hydrogens is 318 g/mol. The lowest BCUT2D eigenvalue weighted by Gasteiger charge is -2.32. The minimum atomic E-state index is 0.0441. The highest BCUT2D eigenvalue weighted by Gasteiger charge is 2.20. The standard InChI is InChI=1S/C18H23N5O2/c1-22-9-11-23(12-10-22)18(25)15-4-2-14(3-5-15)17-20-7-6-16(21-17)19-8-13-24/h2-7,24H,8-13H2,1H3,(H,19,20,21). The lowest BCUT2D eigenvalue weighted by atomic mass is 10.1. The summed E-state index contributed by atoms with van der Waals surface area (Å²) < 4.78 is 0. The number of rotatable bonds is 5. The number of aliphatic hydroxyl groups is 1. The van der Waals surface area contributed by atoms with E-state index in [0.717, 1.165) is 31.7 Å². The van der Waals surface area contributed by atoms with Crippen LogP contribution in [0.15, 0.2) is 36.5 Å². The van der Waals surface area contributed by atoms with Gasteiger partial charge in [-0.15, -0.1) is 0 Å². The Balaban J connectivity index is 1.70. The van der Waals surface area contributed by atoms with Crippen molar-refractivity contribution < 1.29 is 9.90 Å². The van der Waals surface area contributed by atoms with Crippen molar-refractivity contribution in [2.75, 3.05) is 51.7 Å². The number of anilines is 1. The van der Waals surface area contributed by atoms with Crippen LogP contribution in [-0.4, -0.2) is 77.2 Å². The summed E-state index contributed by atoms with van der Waals surface area (Å²) in [5.41, 5.74) is 1.53. The van der Waals surface area contributed by atoms with E-state index in [9.17, 15) is 4.79 Å². The van der Waals surface area contributed by atoms with Crippen LogP contribution < -0.4 is 5.32 Å². The zero-order valence-corrected chi connectivity index (χ0v) is 14.4. The Morgan fingerprint density at radius 2 is 1.88 bits per heavy atom. The van der Waals surface area contributed by atoms with Gasteiger partial charge in [0.25, 0.3) is 5.91 Å². The molecule has 0 saturated carbocycles. The molecular formula is C18H23N5O2. The Hall–Kier alpha value is -2.51. The number of carbonyl (C=O) groups excluding carboxylic acids is 1. The SMILES string of the molecule is CN1CCN(C(=O)c2ccc(-c3nccc(NCCO)n3)cc2)CC1. The minimum Gasteiger partial charge on any atom is -0.395 e. The number of piperazine rings is 1. The minimum absolute atomic E-state index is 0.0441. The van der Waals surface area contributed by atoms with Gasteiger partial charge in [-0.3, -0.25) is 4.79 Å². The quantitative estimate of drug-likeness (QED) is 0.842. The van der Waals surface area contributed by atoms with Crippen molar-refractivity contribution in [1.29, 1.82) is 0 Å². The van der Waals surface area contributed by atoms with Gasteiger partial charge < -0.3 is 20.2 Å². The number of aliphatic hydroxyl groups excluding tert-OH is 1. The highest BCUT2D eigenvalue weighted by atomic mass is 16.3. The van der Waals surface area contributed by atoms with Crippen LogP contribution in [0.1, 0.15) is 10.4 Å². The normalized spacial score (nSPS) is 15.2. The van der Waals surface area contributed by atoms with Crippen molar-refractivity contribution in [1.82, 2.24) is 19.8 Å². The van der Waals surface area contributed by atoms with Gasteiger partial charge in [0.05, 0.1) is 6.61 Å². The lowest BCUT2D eigenvalue weighted by Crippen LogP contribution is -2.47. The number of likely N-dealkylation sites (N-methyl/N-ethyl adjacent to an activating group) is 1. The first-order valence-corrected chi connectivity index (χ1v) is 8.43. The highest BCUT2D eigenvalue weighted by Crippen LogP contribution is 2.18. The second-order valence-electron chi connectivity index (χ2n) is 6.09. The fraction of sp³-hybridized carbons (Fsp3) is 0.389. The molecule has 0 radical (unpaired) electrons. The summed E-state index contributed by atoms with van der Waals surface area (Å²) in [7, 11) is 2.07. The fourth-order valence-electron chi connectivity index (χ4n) is 2.73. The van der Waals surface area contributed by atoms with E-state index in [2.05, 4.69) is 27.2 Å². The zero-order valence-electron chi connectivity index (χ0n) is 14.4. The molecule has 0 atom stereocenters. The second-order valence-corrected chi connectivity index (χ2v) is 6.09. The molecule has 0 bridgehead atoms. The molecule has 2 N–H and O–H groups in total. The largest absolute Gasteiger partial charge is 0.395 e. The van der Waals surface area contributed by atoms with Crippen molar-refractivity contribution in [3.8, 4) is 11.4 Å². The molecule has 0 unspecified atom stereocenters. The van der Waals surface area contributed by atoms with Gasteiger partial charge >= 0.3 is 0 Å². The molecule has 1 aromatic heterocycles. The van der Waals surface area contributed by atoms with E-state index in [4.69, 9.17) is 5.11 Å². The van der Waals surface area contributed by atoms with Crippen molar-refractivity contribution in [2.24, 2.45) is 0 Å². The number of amides is 1. The highest BCUT2D eigenvalue weighted by molar-refractivity contribution is 5.94. The maximum Gasteiger partial charge on any atom is 0.253 e. The van der Waals surface area contributed by atoms with Crippen LogP contribution in [0.25, 0.3) is 11.4 Å². The van der Waals surface area contributed by atoms with Gasteiger partial charge in [0, 0.05) is 50.0 Å². The van der Waals surface area contributed by atoms with Gasteiger partial charge in [-0.05, 0) is 25.2 Å². The smallest absolute Gasteiger partial charge is 0.253 e. The number of carbonyl (C=O) groups is 1. The molecule has 7 heteroatoms. The Labute approximate surface area is 147 Å². The molecule has 1 aromatic carbocycles. The van der Waals surface area contributed by atoms with E-state index in [0.29, 0.717) is 23.8 Å². The Morgan fingerprint density at radius 3 is 2.56 bits per heavy atom. The molecule has 1 aliphatic rings. The van der Waals surface area contributed by atoms with Gasteiger partial charge in [-0.2, -0.15) is 0 Å². The topological polar surface area (TPSA) is 81.6 Å². The first kappa shape index (κ1) is 17.3. The van der Waals surface area contributed by atoms with E-state index in [1.54, 1.807) is 12.3 Å². The third-order valence-electron chi connectivity index (χ3n) is 4.25. The van der Waals surface area contributed by atoms with Crippen LogP contribution in [0.5, 0.6) is 0 Å². The molecule has 7 nitrogen and oxygen atoms in total. The summed E-state index contributed by atoms with van der Waals surface area (Å²) >= 11 is 0. The van der Waals surface area contributed by atoms with Crippen molar-refractivity contribution in [2.45, 2.75) is 0 Å². The van der Waals surface area contributed by atoms with Crippen molar-refractivity contribution >= 4 is 11.7 Å². The van der Waals surface area contributed by atoms with Crippen LogP contribution in [0.4, 0.5) is 5.82 Å². The van der Waals surface area contributed by atoms with E-state index in [1.807, 2.05) is 29.2 Å². The maximum absolute atomic E-state index is 12.6. The molecule has 1 fully saturated rings. The number of hydrogen-bond acceptors (Lipinski definition) is 6. The Morgan fingerprint density at radius 1 is 1.16 bits per heavy atom. The van der Waals surface area contributed by atoms with Gasteiger partial charge in [0.15, 0.2) is 5.82 Å². The van der Waals surface area contributed by atoms with Crippen LogP contribution in [0, 0.1) is 0 Å². The number of benzene rings is 1. The number of nitrogens with one attached hydrogen (secondary N) is 1. The first-order valence-electron chi connectivity index (χ1n) is 8.43.